The SMILES string of the molecule is CCc1cc(N)c(CC)c(S(=O)(=O)N(C)OC)c1. The Balaban J connectivity index is 3.52. The van der Waals surface area contributed by atoms with Crippen LogP contribution >= 0.6 is 0 Å². The van der Waals surface area contributed by atoms with Gasteiger partial charge >= 0.3 is 0 Å². The molecule has 1 aromatic carbocycles. The molecule has 0 unspecified atom stereocenters. The molecular weight excluding hydrogens is 252 g/mol. The number of benzene rings is 1. The topological polar surface area (TPSA) is 72.6 Å². The standard InChI is InChI=1S/C12H20N2O3S/c1-5-9-7-11(13)10(6-2)12(8-9)18(15,16)14(3)17-4/h7-8H,5-6,13H2,1-4H3. The molecular formula is C12H20N2O3S. The molecule has 0 aromatic heterocycles. The number of hydroxylamine groups is 1. The molecule has 5 nitrogen and oxygen atoms in total. The highest BCUT2D eigenvalue weighted by atomic mass is 32.2. The van der Waals surface area contributed by atoms with Gasteiger partial charge in [0.2, 0.25) is 0 Å². The van der Waals surface area contributed by atoms with Crippen LogP contribution in [0.2, 0.25) is 0 Å². The predicted octanol–water partition coefficient (Wildman–Crippen LogP) is 1.58. The summed E-state index contributed by atoms with van der Waals surface area (Å²) in [5.41, 5.74) is 7.97. The molecule has 2 N–H and O–H groups in total. The number of hydrogen-bond donors (Lipinski definition) is 1. The van der Waals surface area contributed by atoms with Gasteiger partial charge in [-0.05, 0) is 36.1 Å². The molecule has 0 atom stereocenters. The van der Waals surface area contributed by atoms with Gasteiger partial charge in [0.25, 0.3) is 10.0 Å². The maximum absolute atomic E-state index is 12.3. The molecule has 1 rings (SSSR count). The molecule has 0 bridgehead atoms. The minimum absolute atomic E-state index is 0.228. The van der Waals surface area contributed by atoms with Gasteiger partial charge < -0.3 is 5.73 Å². The third-order valence-corrected chi connectivity index (χ3v) is 4.68. The molecule has 0 saturated carbocycles. The second kappa shape index (κ2) is 5.69. The van der Waals surface area contributed by atoms with Gasteiger partial charge in [-0.2, -0.15) is 0 Å². The minimum atomic E-state index is -3.66. The zero-order valence-electron chi connectivity index (χ0n) is 11.2. The fourth-order valence-electron chi connectivity index (χ4n) is 1.78. The van der Waals surface area contributed by atoms with Crippen molar-refractivity contribution in [2.45, 2.75) is 31.6 Å². The van der Waals surface area contributed by atoms with Gasteiger partial charge in [-0.1, -0.05) is 18.3 Å². The lowest BCUT2D eigenvalue weighted by atomic mass is 10.1. The number of nitrogens with zero attached hydrogens (tertiary/aromatic N) is 1. The monoisotopic (exact) mass is 272 g/mol. The molecule has 0 aliphatic rings. The van der Waals surface area contributed by atoms with Gasteiger partial charge in [-0.25, -0.2) is 8.42 Å². The summed E-state index contributed by atoms with van der Waals surface area (Å²) >= 11 is 0. The van der Waals surface area contributed by atoms with Crippen LogP contribution in [0, 0.1) is 0 Å². The molecule has 1 aromatic rings. The summed E-state index contributed by atoms with van der Waals surface area (Å²) in [6.45, 7) is 3.83. The average molecular weight is 272 g/mol. The van der Waals surface area contributed by atoms with Crippen LogP contribution in [0.4, 0.5) is 5.69 Å². The van der Waals surface area contributed by atoms with Gasteiger partial charge in [0.05, 0.1) is 12.0 Å². The smallest absolute Gasteiger partial charge is 0.265 e. The Bertz CT molecular complexity index is 526. The number of nitrogen functional groups attached to an aromatic ring is 1. The highest BCUT2D eigenvalue weighted by Gasteiger charge is 2.25. The van der Waals surface area contributed by atoms with E-state index >= 15 is 0 Å². The molecule has 6 heteroatoms. The molecule has 102 valence electrons. The van der Waals surface area contributed by atoms with Gasteiger partial charge in [0, 0.05) is 12.7 Å². The Morgan fingerprint density at radius 1 is 1.28 bits per heavy atom. The quantitative estimate of drug-likeness (QED) is 0.652. The van der Waals surface area contributed by atoms with Crippen molar-refractivity contribution in [3.63, 3.8) is 0 Å². The molecule has 0 radical (unpaired) electrons. The van der Waals surface area contributed by atoms with Gasteiger partial charge in [-0.15, -0.1) is 0 Å². The summed E-state index contributed by atoms with van der Waals surface area (Å²) in [6.07, 6.45) is 1.29. The predicted molar refractivity (Wildman–Crippen MR) is 71.6 cm³/mol. The van der Waals surface area contributed by atoms with Crippen molar-refractivity contribution in [3.8, 4) is 0 Å². The van der Waals surface area contributed by atoms with E-state index in [1.807, 2.05) is 19.9 Å². The zero-order valence-corrected chi connectivity index (χ0v) is 12.0. The Morgan fingerprint density at radius 3 is 2.33 bits per heavy atom. The van der Waals surface area contributed by atoms with Gasteiger partial charge in [0.15, 0.2) is 0 Å². The average Bonchev–Trinajstić information content (AvgIpc) is 2.36. The normalized spacial score (nSPS) is 12.1. The second-order valence-electron chi connectivity index (χ2n) is 3.97. The number of aryl methyl sites for hydroxylation is 1. The lowest BCUT2D eigenvalue weighted by Crippen LogP contribution is -2.27. The van der Waals surface area contributed by atoms with Crippen molar-refractivity contribution in [2.75, 3.05) is 19.9 Å². The van der Waals surface area contributed by atoms with Gasteiger partial charge in [0.1, 0.15) is 0 Å². The second-order valence-corrected chi connectivity index (χ2v) is 5.87. The fourth-order valence-corrected chi connectivity index (χ4v) is 3.12. The van der Waals surface area contributed by atoms with Crippen molar-refractivity contribution < 1.29 is 13.3 Å². The lowest BCUT2D eigenvalue weighted by molar-refractivity contribution is -0.0259. The molecule has 0 fully saturated rings. The third kappa shape index (κ3) is 2.66. The van der Waals surface area contributed by atoms with Crippen LogP contribution in [-0.2, 0) is 27.7 Å². The third-order valence-electron chi connectivity index (χ3n) is 2.94. The Kier molecular flexibility index (Phi) is 4.72. The van der Waals surface area contributed by atoms with Crippen LogP contribution in [-0.4, -0.2) is 27.0 Å². The van der Waals surface area contributed by atoms with E-state index in [2.05, 4.69) is 0 Å². The van der Waals surface area contributed by atoms with Crippen molar-refractivity contribution in [2.24, 2.45) is 0 Å². The van der Waals surface area contributed by atoms with Crippen LogP contribution in [0.15, 0.2) is 17.0 Å². The summed E-state index contributed by atoms with van der Waals surface area (Å²) < 4.78 is 25.5. The molecule has 0 spiro atoms. The first-order chi connectivity index (χ1) is 8.38. The van der Waals surface area contributed by atoms with Crippen molar-refractivity contribution in [3.05, 3.63) is 23.3 Å². The maximum Gasteiger partial charge on any atom is 0.265 e. The summed E-state index contributed by atoms with van der Waals surface area (Å²) in [6, 6.07) is 3.49. The highest BCUT2D eigenvalue weighted by molar-refractivity contribution is 7.89. The van der Waals surface area contributed by atoms with E-state index in [1.54, 1.807) is 6.07 Å². The molecule has 0 amide bonds. The van der Waals surface area contributed by atoms with Gasteiger partial charge in [-0.3, -0.25) is 4.84 Å². The van der Waals surface area contributed by atoms with E-state index in [0.29, 0.717) is 17.7 Å². The number of anilines is 1. The van der Waals surface area contributed by atoms with E-state index in [1.165, 1.54) is 14.2 Å². The van der Waals surface area contributed by atoms with Crippen molar-refractivity contribution in [1.29, 1.82) is 0 Å². The molecule has 0 aliphatic carbocycles. The maximum atomic E-state index is 12.3. The first kappa shape index (κ1) is 14.9. The summed E-state index contributed by atoms with van der Waals surface area (Å²) in [5, 5.41) is 0. The number of rotatable bonds is 5. The van der Waals surface area contributed by atoms with Crippen molar-refractivity contribution in [1.82, 2.24) is 4.47 Å². The first-order valence-corrected chi connectivity index (χ1v) is 7.26. The fraction of sp³-hybridized carbons (Fsp3) is 0.500. The van der Waals surface area contributed by atoms with E-state index in [0.717, 1.165) is 16.5 Å². The Hall–Kier alpha value is -1.11. The lowest BCUT2D eigenvalue weighted by Gasteiger charge is -2.18. The summed E-state index contributed by atoms with van der Waals surface area (Å²) in [7, 11) is -0.975. The summed E-state index contributed by atoms with van der Waals surface area (Å²) in [4.78, 5) is 5.01. The molecule has 18 heavy (non-hydrogen) atoms. The zero-order chi connectivity index (χ0) is 13.9. The molecule has 0 aliphatic heterocycles. The van der Waals surface area contributed by atoms with E-state index in [9.17, 15) is 8.42 Å². The van der Waals surface area contributed by atoms with Crippen LogP contribution in [0.5, 0.6) is 0 Å². The van der Waals surface area contributed by atoms with Crippen LogP contribution in [0.3, 0.4) is 0 Å². The highest BCUT2D eigenvalue weighted by Crippen LogP contribution is 2.27. The van der Waals surface area contributed by atoms with Crippen LogP contribution in [0.1, 0.15) is 25.0 Å². The molecule has 0 saturated heterocycles. The number of nitrogens with two attached hydrogens (primary N) is 1. The van der Waals surface area contributed by atoms with E-state index < -0.39 is 10.0 Å². The summed E-state index contributed by atoms with van der Waals surface area (Å²) in [5.74, 6) is 0. The largest absolute Gasteiger partial charge is 0.398 e. The van der Waals surface area contributed by atoms with E-state index in [4.69, 9.17) is 10.6 Å². The Morgan fingerprint density at radius 2 is 1.89 bits per heavy atom. The van der Waals surface area contributed by atoms with E-state index in [-0.39, 0.29) is 4.90 Å². The number of sulfonamides is 1. The van der Waals surface area contributed by atoms with Crippen LogP contribution < -0.4 is 5.73 Å². The van der Waals surface area contributed by atoms with Crippen LogP contribution in [0.25, 0.3) is 0 Å². The molecule has 0 heterocycles. The Labute approximate surface area is 109 Å². The first-order valence-electron chi connectivity index (χ1n) is 5.82. The van der Waals surface area contributed by atoms with Crippen molar-refractivity contribution >= 4 is 15.7 Å². The number of hydrogen-bond acceptors (Lipinski definition) is 4. The minimum Gasteiger partial charge on any atom is -0.398 e.